The number of hydrogen-bond donors (Lipinski definition) is 1. The first-order valence-electron chi connectivity index (χ1n) is 7.63. The Balaban J connectivity index is 1.67. The third-order valence-corrected chi connectivity index (χ3v) is 4.17. The number of nitrogens with zero attached hydrogens (tertiary/aromatic N) is 3. The maximum absolute atomic E-state index is 12.1. The topological polar surface area (TPSA) is 90.0 Å². The predicted octanol–water partition coefficient (Wildman–Crippen LogP) is 0.428. The molecule has 1 saturated heterocycles. The van der Waals surface area contributed by atoms with Gasteiger partial charge >= 0.3 is 6.03 Å². The lowest BCUT2D eigenvalue weighted by molar-refractivity contribution is -0.129. The van der Waals surface area contributed by atoms with Crippen LogP contribution in [0.15, 0.2) is 18.2 Å². The van der Waals surface area contributed by atoms with E-state index in [0.717, 1.165) is 22.6 Å². The van der Waals surface area contributed by atoms with Crippen LogP contribution in [0.2, 0.25) is 0 Å². The van der Waals surface area contributed by atoms with Crippen LogP contribution in [0.4, 0.5) is 16.2 Å². The highest BCUT2D eigenvalue weighted by Gasteiger charge is 2.34. The number of nitrogens with one attached hydrogen (secondary N) is 1. The Kier molecular flexibility index (Phi) is 3.96. The first-order valence-corrected chi connectivity index (χ1v) is 7.63. The van der Waals surface area contributed by atoms with Crippen molar-refractivity contribution >= 4 is 35.1 Å². The molecule has 24 heavy (non-hydrogen) atoms. The molecule has 1 fully saturated rings. The van der Waals surface area contributed by atoms with Gasteiger partial charge in [-0.1, -0.05) is 0 Å². The van der Waals surface area contributed by atoms with E-state index in [1.165, 1.54) is 18.9 Å². The lowest BCUT2D eigenvalue weighted by Gasteiger charge is -2.16. The molecule has 0 unspecified atom stereocenters. The second kappa shape index (κ2) is 5.95. The Morgan fingerprint density at radius 2 is 2.00 bits per heavy atom. The van der Waals surface area contributed by atoms with Gasteiger partial charge in [0.25, 0.3) is 5.91 Å². The average molecular weight is 330 g/mol. The monoisotopic (exact) mass is 330 g/mol. The Hall–Kier alpha value is -2.90. The van der Waals surface area contributed by atoms with Crippen molar-refractivity contribution in [3.05, 3.63) is 23.8 Å². The van der Waals surface area contributed by atoms with Crippen molar-refractivity contribution in [2.24, 2.45) is 0 Å². The van der Waals surface area contributed by atoms with E-state index in [1.54, 1.807) is 17.0 Å². The minimum atomic E-state index is -0.471. The summed E-state index contributed by atoms with van der Waals surface area (Å²) in [5.41, 5.74) is 2.42. The van der Waals surface area contributed by atoms with Crippen molar-refractivity contribution in [1.29, 1.82) is 0 Å². The number of hydrogen-bond acceptors (Lipinski definition) is 4. The zero-order chi connectivity index (χ0) is 17.4. The van der Waals surface area contributed by atoms with Crippen molar-refractivity contribution in [1.82, 2.24) is 9.80 Å². The van der Waals surface area contributed by atoms with Gasteiger partial charge in [0.1, 0.15) is 13.1 Å². The molecule has 2 aliphatic heterocycles. The molecule has 2 heterocycles. The van der Waals surface area contributed by atoms with Gasteiger partial charge in [-0.25, -0.2) is 4.79 Å². The van der Waals surface area contributed by atoms with Crippen LogP contribution in [0.5, 0.6) is 0 Å². The number of amides is 5. The molecule has 5 amide bonds. The molecule has 1 aromatic rings. The van der Waals surface area contributed by atoms with E-state index in [-0.39, 0.29) is 24.9 Å². The van der Waals surface area contributed by atoms with E-state index >= 15 is 0 Å². The molecule has 0 aliphatic carbocycles. The molecule has 0 atom stereocenters. The minimum Gasteiger partial charge on any atom is -0.325 e. The van der Waals surface area contributed by atoms with Gasteiger partial charge in [0, 0.05) is 31.9 Å². The zero-order valence-corrected chi connectivity index (χ0v) is 13.5. The van der Waals surface area contributed by atoms with E-state index in [9.17, 15) is 19.2 Å². The van der Waals surface area contributed by atoms with Crippen LogP contribution in [0.1, 0.15) is 12.5 Å². The molecule has 8 nitrogen and oxygen atoms in total. The van der Waals surface area contributed by atoms with Gasteiger partial charge in [0.2, 0.25) is 11.8 Å². The molecule has 0 spiro atoms. The zero-order valence-electron chi connectivity index (χ0n) is 13.5. The third-order valence-electron chi connectivity index (χ3n) is 4.17. The number of likely N-dealkylation sites (N-methyl/N-ethyl adjacent to an activating group) is 1. The number of imide groups is 1. The fourth-order valence-electron chi connectivity index (χ4n) is 2.98. The standard InChI is InChI=1S/C16H18N4O4/c1-10(21)19-6-5-11-7-12(3-4-13(11)19)17-14(22)8-20-15(23)9-18(2)16(20)24/h3-4,7H,5-6,8-9H2,1-2H3,(H,17,22). The maximum atomic E-state index is 12.1. The highest BCUT2D eigenvalue weighted by atomic mass is 16.2. The lowest BCUT2D eigenvalue weighted by atomic mass is 10.1. The van der Waals surface area contributed by atoms with E-state index in [0.29, 0.717) is 12.2 Å². The number of carbonyl (C=O) groups is 4. The number of anilines is 2. The predicted molar refractivity (Wildman–Crippen MR) is 86.5 cm³/mol. The van der Waals surface area contributed by atoms with Gasteiger partial charge in [0.05, 0.1) is 0 Å². The van der Waals surface area contributed by atoms with E-state index in [1.807, 2.05) is 6.07 Å². The smallest absolute Gasteiger partial charge is 0.325 e. The van der Waals surface area contributed by atoms with Gasteiger partial charge in [0.15, 0.2) is 0 Å². The number of benzene rings is 1. The molecule has 1 aromatic carbocycles. The molecular formula is C16H18N4O4. The van der Waals surface area contributed by atoms with Crippen molar-refractivity contribution in [3.8, 4) is 0 Å². The summed E-state index contributed by atoms with van der Waals surface area (Å²) in [6, 6.07) is 4.84. The Labute approximate surface area is 139 Å². The first-order chi connectivity index (χ1) is 11.4. The summed E-state index contributed by atoms with van der Waals surface area (Å²) in [5, 5.41) is 2.69. The average Bonchev–Trinajstić information content (AvgIpc) is 3.03. The summed E-state index contributed by atoms with van der Waals surface area (Å²) in [7, 11) is 1.51. The Morgan fingerprint density at radius 3 is 2.62 bits per heavy atom. The summed E-state index contributed by atoms with van der Waals surface area (Å²) in [6.07, 6.45) is 0.729. The Bertz CT molecular complexity index is 746. The van der Waals surface area contributed by atoms with E-state index in [4.69, 9.17) is 0 Å². The van der Waals surface area contributed by atoms with Crippen molar-refractivity contribution < 1.29 is 19.2 Å². The van der Waals surface area contributed by atoms with E-state index in [2.05, 4.69) is 5.32 Å². The van der Waals surface area contributed by atoms with Gasteiger partial charge < -0.3 is 15.1 Å². The second-order valence-electron chi connectivity index (χ2n) is 5.93. The van der Waals surface area contributed by atoms with Crippen molar-refractivity contribution in [2.75, 3.05) is 36.9 Å². The molecule has 126 valence electrons. The molecule has 1 N–H and O–H groups in total. The quantitative estimate of drug-likeness (QED) is 0.814. The van der Waals surface area contributed by atoms with Crippen LogP contribution in [-0.2, 0) is 20.8 Å². The number of carbonyl (C=O) groups excluding carboxylic acids is 4. The van der Waals surface area contributed by atoms with Gasteiger partial charge in [-0.15, -0.1) is 0 Å². The molecule has 3 rings (SSSR count). The highest BCUT2D eigenvalue weighted by molar-refractivity contribution is 6.06. The SMILES string of the molecule is CC(=O)N1CCc2cc(NC(=O)CN3C(=O)CN(C)C3=O)ccc21. The molecule has 0 saturated carbocycles. The molecule has 0 radical (unpaired) electrons. The van der Waals surface area contributed by atoms with Gasteiger partial charge in [-0.05, 0) is 30.2 Å². The van der Waals surface area contributed by atoms with Crippen LogP contribution in [-0.4, -0.2) is 60.2 Å². The summed E-state index contributed by atoms with van der Waals surface area (Å²) in [4.78, 5) is 51.0. The maximum Gasteiger partial charge on any atom is 0.327 e. The van der Waals surface area contributed by atoms with Crippen LogP contribution < -0.4 is 10.2 Å². The second-order valence-corrected chi connectivity index (χ2v) is 5.93. The lowest BCUT2D eigenvalue weighted by Crippen LogP contribution is -2.38. The fraction of sp³-hybridized carbons (Fsp3) is 0.375. The largest absolute Gasteiger partial charge is 0.327 e. The summed E-state index contributed by atoms with van der Waals surface area (Å²) in [5.74, 6) is -0.835. The molecule has 0 aromatic heterocycles. The third kappa shape index (κ3) is 2.82. The Morgan fingerprint density at radius 1 is 1.25 bits per heavy atom. The first kappa shape index (κ1) is 16.0. The van der Waals surface area contributed by atoms with E-state index < -0.39 is 11.9 Å². The van der Waals surface area contributed by atoms with Crippen molar-refractivity contribution in [3.63, 3.8) is 0 Å². The molecular weight excluding hydrogens is 312 g/mol. The van der Waals surface area contributed by atoms with Gasteiger partial charge in [-0.3, -0.25) is 19.3 Å². The van der Waals surface area contributed by atoms with Crippen molar-refractivity contribution in [2.45, 2.75) is 13.3 Å². The fourth-order valence-corrected chi connectivity index (χ4v) is 2.98. The number of fused-ring (bicyclic) bond motifs is 1. The van der Waals surface area contributed by atoms with Crippen LogP contribution in [0.25, 0.3) is 0 Å². The number of rotatable bonds is 3. The normalized spacial score (nSPS) is 16.7. The van der Waals surface area contributed by atoms with Crippen LogP contribution in [0.3, 0.4) is 0 Å². The molecule has 8 heteroatoms. The van der Waals surface area contributed by atoms with Crippen LogP contribution >= 0.6 is 0 Å². The summed E-state index contributed by atoms with van der Waals surface area (Å²) in [6.45, 7) is 1.83. The summed E-state index contributed by atoms with van der Waals surface area (Å²) < 4.78 is 0. The highest BCUT2D eigenvalue weighted by Crippen LogP contribution is 2.30. The minimum absolute atomic E-state index is 0.00810. The van der Waals surface area contributed by atoms with Crippen LogP contribution in [0, 0.1) is 0 Å². The summed E-state index contributed by atoms with van der Waals surface area (Å²) >= 11 is 0. The molecule has 2 aliphatic rings. The molecule has 0 bridgehead atoms. The van der Waals surface area contributed by atoms with Gasteiger partial charge in [-0.2, -0.15) is 0 Å². The number of urea groups is 1.